The highest BCUT2D eigenvalue weighted by Gasteiger charge is 2.19. The number of carbonyl (C=O) groups excluding carboxylic acids is 2. The van der Waals surface area contributed by atoms with Crippen molar-refractivity contribution in [2.75, 3.05) is 20.7 Å². The first kappa shape index (κ1) is 13.6. The van der Waals surface area contributed by atoms with Crippen LogP contribution < -0.4 is 0 Å². The van der Waals surface area contributed by atoms with E-state index in [-0.39, 0.29) is 11.9 Å². The maximum Gasteiger partial charge on any atom is 0.338 e. The third kappa shape index (κ3) is 3.34. The number of rotatable bonds is 4. The van der Waals surface area contributed by atoms with E-state index in [9.17, 15) is 9.59 Å². The molecule has 4 nitrogen and oxygen atoms in total. The lowest BCUT2D eigenvalue weighted by Gasteiger charge is -2.24. The van der Waals surface area contributed by atoms with Gasteiger partial charge in [0, 0.05) is 19.7 Å². The summed E-state index contributed by atoms with van der Waals surface area (Å²) in [5, 5.41) is 0. The topological polar surface area (TPSA) is 46.6 Å². The average Bonchev–Trinajstić information content (AvgIpc) is 2.36. The number of hydrogen-bond donors (Lipinski definition) is 0. The zero-order valence-corrected chi connectivity index (χ0v) is 11.4. The largest absolute Gasteiger partial charge is 0.462 e. The number of hydrogen-bond acceptors (Lipinski definition) is 3. The lowest BCUT2D eigenvalue weighted by atomic mass is 9.86. The first-order chi connectivity index (χ1) is 9.08. The fourth-order valence-corrected chi connectivity index (χ4v) is 1.94. The molecule has 2 rings (SSSR count). The quantitative estimate of drug-likeness (QED) is 0.782. The van der Waals surface area contributed by atoms with Crippen LogP contribution >= 0.6 is 0 Å². The number of carbonyl (C=O) groups is 2. The second kappa shape index (κ2) is 5.87. The van der Waals surface area contributed by atoms with Gasteiger partial charge in [-0.25, -0.2) is 4.79 Å². The standard InChI is InChI=1S/C15H19NO3/c1-16(2)14(17)12-6-8-13(9-7-12)15(18)19-10-11-4-3-5-11/h6-9,11H,3-5,10H2,1-2H3. The van der Waals surface area contributed by atoms with Crippen LogP contribution in [0, 0.1) is 5.92 Å². The van der Waals surface area contributed by atoms with Crippen LogP contribution in [0.4, 0.5) is 0 Å². The molecule has 0 unspecified atom stereocenters. The molecule has 19 heavy (non-hydrogen) atoms. The van der Waals surface area contributed by atoms with Gasteiger partial charge in [-0.05, 0) is 43.0 Å². The number of esters is 1. The summed E-state index contributed by atoms with van der Waals surface area (Å²) >= 11 is 0. The molecule has 1 saturated carbocycles. The molecular weight excluding hydrogens is 242 g/mol. The second-order valence-corrected chi connectivity index (χ2v) is 5.17. The summed E-state index contributed by atoms with van der Waals surface area (Å²) in [5.41, 5.74) is 1.06. The number of ether oxygens (including phenoxy) is 1. The van der Waals surface area contributed by atoms with E-state index >= 15 is 0 Å². The van der Waals surface area contributed by atoms with Crippen molar-refractivity contribution in [3.63, 3.8) is 0 Å². The molecule has 0 heterocycles. The van der Waals surface area contributed by atoms with E-state index in [4.69, 9.17) is 4.74 Å². The lowest BCUT2D eigenvalue weighted by Crippen LogP contribution is -2.22. The van der Waals surface area contributed by atoms with Crippen LogP contribution in [-0.4, -0.2) is 37.5 Å². The van der Waals surface area contributed by atoms with Gasteiger partial charge in [0.05, 0.1) is 12.2 Å². The summed E-state index contributed by atoms with van der Waals surface area (Å²) in [4.78, 5) is 25.0. The third-order valence-corrected chi connectivity index (χ3v) is 3.45. The highest BCUT2D eigenvalue weighted by molar-refractivity contribution is 5.95. The van der Waals surface area contributed by atoms with Crippen molar-refractivity contribution in [2.24, 2.45) is 5.92 Å². The summed E-state index contributed by atoms with van der Waals surface area (Å²) in [7, 11) is 3.40. The van der Waals surface area contributed by atoms with Crippen LogP contribution in [0.1, 0.15) is 40.0 Å². The lowest BCUT2D eigenvalue weighted by molar-refractivity contribution is 0.0371. The number of benzene rings is 1. The Bertz CT molecular complexity index is 461. The van der Waals surface area contributed by atoms with Crippen LogP contribution in [0.25, 0.3) is 0 Å². The molecule has 0 saturated heterocycles. The number of amides is 1. The van der Waals surface area contributed by atoms with Crippen LogP contribution in [-0.2, 0) is 4.74 Å². The van der Waals surface area contributed by atoms with Crippen molar-refractivity contribution in [2.45, 2.75) is 19.3 Å². The molecule has 0 aromatic heterocycles. The summed E-state index contributed by atoms with van der Waals surface area (Å²) < 4.78 is 5.25. The molecule has 1 aromatic carbocycles. The van der Waals surface area contributed by atoms with Crippen LogP contribution in [0.2, 0.25) is 0 Å². The second-order valence-electron chi connectivity index (χ2n) is 5.17. The van der Waals surface area contributed by atoms with Crippen molar-refractivity contribution in [3.8, 4) is 0 Å². The van der Waals surface area contributed by atoms with Crippen molar-refractivity contribution in [3.05, 3.63) is 35.4 Å². The molecule has 1 aliphatic rings. The van der Waals surface area contributed by atoms with Crippen molar-refractivity contribution >= 4 is 11.9 Å². The maximum atomic E-state index is 11.8. The van der Waals surface area contributed by atoms with Gasteiger partial charge in [0.2, 0.25) is 0 Å². The molecule has 1 fully saturated rings. The van der Waals surface area contributed by atoms with Gasteiger partial charge in [0.1, 0.15) is 0 Å². The maximum absolute atomic E-state index is 11.8. The Kier molecular flexibility index (Phi) is 4.20. The number of nitrogens with zero attached hydrogens (tertiary/aromatic N) is 1. The van der Waals surface area contributed by atoms with Gasteiger partial charge in [-0.3, -0.25) is 4.79 Å². The Balaban J connectivity index is 1.93. The summed E-state index contributed by atoms with van der Waals surface area (Å²) in [6.07, 6.45) is 3.55. The fourth-order valence-electron chi connectivity index (χ4n) is 1.94. The van der Waals surface area contributed by atoms with Gasteiger partial charge < -0.3 is 9.64 Å². The van der Waals surface area contributed by atoms with Gasteiger partial charge in [-0.15, -0.1) is 0 Å². The molecule has 0 N–H and O–H groups in total. The van der Waals surface area contributed by atoms with Crippen LogP contribution in [0.15, 0.2) is 24.3 Å². The van der Waals surface area contributed by atoms with E-state index in [0.717, 1.165) is 12.8 Å². The van der Waals surface area contributed by atoms with E-state index < -0.39 is 0 Å². The van der Waals surface area contributed by atoms with Gasteiger partial charge in [0.25, 0.3) is 5.91 Å². The Morgan fingerprint density at radius 3 is 2.21 bits per heavy atom. The molecule has 0 spiro atoms. The SMILES string of the molecule is CN(C)C(=O)c1ccc(C(=O)OCC2CCC2)cc1. The van der Waals surface area contributed by atoms with E-state index in [1.807, 2.05) is 0 Å². The first-order valence-electron chi connectivity index (χ1n) is 6.57. The minimum Gasteiger partial charge on any atom is -0.462 e. The molecule has 1 amide bonds. The Hall–Kier alpha value is -1.84. The zero-order valence-electron chi connectivity index (χ0n) is 11.4. The van der Waals surface area contributed by atoms with Crippen molar-refractivity contribution in [1.29, 1.82) is 0 Å². The van der Waals surface area contributed by atoms with Crippen molar-refractivity contribution in [1.82, 2.24) is 4.90 Å². The minimum atomic E-state index is -0.309. The molecule has 0 bridgehead atoms. The summed E-state index contributed by atoms with van der Waals surface area (Å²) in [5.74, 6) is 0.156. The Labute approximate surface area is 113 Å². The van der Waals surface area contributed by atoms with E-state index in [0.29, 0.717) is 23.7 Å². The molecule has 0 radical (unpaired) electrons. The Morgan fingerprint density at radius 1 is 1.16 bits per heavy atom. The third-order valence-electron chi connectivity index (χ3n) is 3.45. The van der Waals surface area contributed by atoms with Crippen LogP contribution in [0.5, 0.6) is 0 Å². The zero-order chi connectivity index (χ0) is 13.8. The summed E-state index contributed by atoms with van der Waals surface area (Å²) in [6.45, 7) is 0.511. The predicted octanol–water partition coefficient (Wildman–Crippen LogP) is 2.35. The molecule has 102 valence electrons. The van der Waals surface area contributed by atoms with Gasteiger partial charge in [-0.1, -0.05) is 6.42 Å². The van der Waals surface area contributed by atoms with Gasteiger partial charge in [-0.2, -0.15) is 0 Å². The smallest absolute Gasteiger partial charge is 0.338 e. The van der Waals surface area contributed by atoms with E-state index in [1.165, 1.54) is 11.3 Å². The van der Waals surface area contributed by atoms with E-state index in [1.54, 1.807) is 38.4 Å². The molecule has 0 aliphatic heterocycles. The molecule has 1 aromatic rings. The molecule has 4 heteroatoms. The fraction of sp³-hybridized carbons (Fsp3) is 0.467. The highest BCUT2D eigenvalue weighted by Crippen LogP contribution is 2.26. The predicted molar refractivity (Wildman–Crippen MR) is 72.1 cm³/mol. The van der Waals surface area contributed by atoms with E-state index in [2.05, 4.69) is 0 Å². The molecule has 0 atom stereocenters. The molecular formula is C15H19NO3. The average molecular weight is 261 g/mol. The first-order valence-corrected chi connectivity index (χ1v) is 6.57. The van der Waals surface area contributed by atoms with Crippen LogP contribution in [0.3, 0.4) is 0 Å². The van der Waals surface area contributed by atoms with Gasteiger partial charge >= 0.3 is 5.97 Å². The molecule has 1 aliphatic carbocycles. The minimum absolute atomic E-state index is 0.0746. The van der Waals surface area contributed by atoms with Crippen molar-refractivity contribution < 1.29 is 14.3 Å². The normalized spacial score (nSPS) is 14.6. The monoisotopic (exact) mass is 261 g/mol. The highest BCUT2D eigenvalue weighted by atomic mass is 16.5. The van der Waals surface area contributed by atoms with Gasteiger partial charge in [0.15, 0.2) is 0 Å². The Morgan fingerprint density at radius 2 is 1.74 bits per heavy atom. The summed E-state index contributed by atoms with van der Waals surface area (Å²) in [6, 6.07) is 6.59.